The number of aliphatic hydroxyl groups is 1. The molecule has 3 nitrogen and oxygen atoms in total. The first-order valence-corrected chi connectivity index (χ1v) is 6.76. The Labute approximate surface area is 118 Å². The summed E-state index contributed by atoms with van der Waals surface area (Å²) in [6.07, 6.45) is -0.0750. The van der Waals surface area contributed by atoms with Gasteiger partial charge in [0.05, 0.1) is 13.2 Å². The predicted octanol–water partition coefficient (Wildman–Crippen LogP) is 3.56. The van der Waals surface area contributed by atoms with E-state index in [4.69, 9.17) is 9.47 Å². The molecule has 1 aliphatic rings. The Kier molecular flexibility index (Phi) is 3.36. The summed E-state index contributed by atoms with van der Waals surface area (Å²) in [5.74, 6) is 1.57. The number of rotatable bonds is 2. The summed E-state index contributed by atoms with van der Waals surface area (Å²) in [5.41, 5.74) is 3.03. The highest BCUT2D eigenvalue weighted by molar-refractivity contribution is 5.41. The molecule has 0 saturated heterocycles. The van der Waals surface area contributed by atoms with Gasteiger partial charge in [-0.25, -0.2) is 0 Å². The summed E-state index contributed by atoms with van der Waals surface area (Å²) >= 11 is 0. The first kappa shape index (κ1) is 13.0. The Hall–Kier alpha value is -2.00. The molecule has 0 fully saturated rings. The lowest BCUT2D eigenvalue weighted by atomic mass is 9.94. The fourth-order valence-corrected chi connectivity index (χ4v) is 2.61. The minimum atomic E-state index is -0.491. The van der Waals surface area contributed by atoms with Gasteiger partial charge < -0.3 is 14.6 Å². The molecule has 0 amide bonds. The fourth-order valence-electron chi connectivity index (χ4n) is 2.61. The van der Waals surface area contributed by atoms with Crippen LogP contribution in [0.25, 0.3) is 0 Å². The number of fused-ring (bicyclic) bond motifs is 1. The second-order valence-corrected chi connectivity index (χ2v) is 5.18. The Morgan fingerprint density at radius 1 is 1.20 bits per heavy atom. The second-order valence-electron chi connectivity index (χ2n) is 5.18. The molecule has 3 heteroatoms. The highest BCUT2D eigenvalue weighted by atomic mass is 16.5. The van der Waals surface area contributed by atoms with Gasteiger partial charge in [-0.15, -0.1) is 0 Å². The van der Waals surface area contributed by atoms with Gasteiger partial charge in [0.2, 0.25) is 0 Å². The van der Waals surface area contributed by atoms with E-state index in [0.717, 1.165) is 28.2 Å². The minimum absolute atomic E-state index is 0.143. The molecule has 1 aliphatic heterocycles. The maximum atomic E-state index is 10.3. The second kappa shape index (κ2) is 5.17. The third kappa shape index (κ3) is 2.37. The van der Waals surface area contributed by atoms with Crippen molar-refractivity contribution in [2.75, 3.05) is 7.11 Å². The van der Waals surface area contributed by atoms with Crippen LogP contribution in [0.4, 0.5) is 0 Å². The van der Waals surface area contributed by atoms with Crippen molar-refractivity contribution in [3.8, 4) is 11.5 Å². The molecule has 0 aliphatic carbocycles. The monoisotopic (exact) mass is 270 g/mol. The standard InChI is InChI=1S/C17H18O3/c1-11-6-7-16-14(8-11)15(18)10-17(20-16)12-4-3-5-13(9-12)19-2/h3-9,15,17-18H,10H2,1-2H3/t15-,17?/m1/s1. The maximum Gasteiger partial charge on any atom is 0.127 e. The molecule has 2 atom stereocenters. The van der Waals surface area contributed by atoms with E-state index in [1.165, 1.54) is 0 Å². The zero-order chi connectivity index (χ0) is 14.1. The Morgan fingerprint density at radius 2 is 2.05 bits per heavy atom. The van der Waals surface area contributed by atoms with Gasteiger partial charge in [-0.2, -0.15) is 0 Å². The average molecular weight is 270 g/mol. The molecule has 3 rings (SSSR count). The molecule has 104 valence electrons. The van der Waals surface area contributed by atoms with Crippen LogP contribution >= 0.6 is 0 Å². The largest absolute Gasteiger partial charge is 0.497 e. The molecular weight excluding hydrogens is 252 g/mol. The molecule has 1 N–H and O–H groups in total. The van der Waals surface area contributed by atoms with Crippen LogP contribution in [0, 0.1) is 6.92 Å². The number of hydrogen-bond acceptors (Lipinski definition) is 3. The van der Waals surface area contributed by atoms with Crippen LogP contribution in [0.3, 0.4) is 0 Å². The van der Waals surface area contributed by atoms with Crippen LogP contribution in [-0.4, -0.2) is 12.2 Å². The van der Waals surface area contributed by atoms with Crippen molar-refractivity contribution in [2.45, 2.75) is 25.6 Å². The normalized spacial score (nSPS) is 20.9. The van der Waals surface area contributed by atoms with E-state index in [-0.39, 0.29) is 6.10 Å². The lowest BCUT2D eigenvalue weighted by Crippen LogP contribution is -2.19. The van der Waals surface area contributed by atoms with Gasteiger partial charge in [-0.05, 0) is 36.8 Å². The number of ether oxygens (including phenoxy) is 2. The van der Waals surface area contributed by atoms with Gasteiger partial charge in [0.25, 0.3) is 0 Å². The quantitative estimate of drug-likeness (QED) is 0.906. The number of methoxy groups -OCH3 is 1. The van der Waals surface area contributed by atoms with Crippen LogP contribution in [-0.2, 0) is 0 Å². The van der Waals surface area contributed by atoms with Crippen molar-refractivity contribution in [2.24, 2.45) is 0 Å². The molecule has 20 heavy (non-hydrogen) atoms. The van der Waals surface area contributed by atoms with E-state index in [1.807, 2.05) is 49.4 Å². The summed E-state index contributed by atoms with van der Waals surface area (Å²) in [7, 11) is 1.65. The van der Waals surface area contributed by atoms with Gasteiger partial charge in [-0.1, -0.05) is 23.8 Å². The summed E-state index contributed by atoms with van der Waals surface area (Å²) < 4.78 is 11.3. The topological polar surface area (TPSA) is 38.7 Å². The molecule has 0 bridgehead atoms. The molecule has 0 spiro atoms. The Morgan fingerprint density at radius 3 is 2.85 bits per heavy atom. The third-order valence-electron chi connectivity index (χ3n) is 3.70. The van der Waals surface area contributed by atoms with Crippen LogP contribution in [0.15, 0.2) is 42.5 Å². The van der Waals surface area contributed by atoms with Gasteiger partial charge in [0.1, 0.15) is 17.6 Å². The van der Waals surface area contributed by atoms with E-state index in [9.17, 15) is 5.11 Å². The predicted molar refractivity (Wildman–Crippen MR) is 77.1 cm³/mol. The van der Waals surface area contributed by atoms with E-state index in [1.54, 1.807) is 7.11 Å². The highest BCUT2D eigenvalue weighted by Gasteiger charge is 2.28. The molecule has 2 aromatic rings. The highest BCUT2D eigenvalue weighted by Crippen LogP contribution is 2.41. The Balaban J connectivity index is 1.92. The summed E-state index contributed by atoms with van der Waals surface area (Å²) in [4.78, 5) is 0. The van der Waals surface area contributed by atoms with Crippen molar-refractivity contribution >= 4 is 0 Å². The maximum absolute atomic E-state index is 10.3. The number of benzene rings is 2. The van der Waals surface area contributed by atoms with Crippen molar-refractivity contribution in [1.29, 1.82) is 0 Å². The third-order valence-corrected chi connectivity index (χ3v) is 3.70. The van der Waals surface area contributed by atoms with Crippen molar-refractivity contribution in [1.82, 2.24) is 0 Å². The van der Waals surface area contributed by atoms with Crippen LogP contribution < -0.4 is 9.47 Å². The van der Waals surface area contributed by atoms with E-state index >= 15 is 0 Å². The molecule has 0 radical (unpaired) electrons. The van der Waals surface area contributed by atoms with Crippen molar-refractivity contribution < 1.29 is 14.6 Å². The van der Waals surface area contributed by atoms with Gasteiger partial charge >= 0.3 is 0 Å². The number of hydrogen-bond donors (Lipinski definition) is 1. The van der Waals surface area contributed by atoms with Crippen molar-refractivity contribution in [3.05, 3.63) is 59.2 Å². The molecule has 2 aromatic carbocycles. The summed E-state index contributed by atoms with van der Waals surface area (Å²) in [5, 5.41) is 10.3. The van der Waals surface area contributed by atoms with E-state index in [2.05, 4.69) is 0 Å². The van der Waals surface area contributed by atoms with Gasteiger partial charge in [-0.3, -0.25) is 0 Å². The average Bonchev–Trinajstić information content (AvgIpc) is 2.48. The minimum Gasteiger partial charge on any atom is -0.497 e. The number of aryl methyl sites for hydroxylation is 1. The molecule has 0 saturated carbocycles. The van der Waals surface area contributed by atoms with E-state index < -0.39 is 6.10 Å². The van der Waals surface area contributed by atoms with Gasteiger partial charge in [0.15, 0.2) is 0 Å². The summed E-state index contributed by atoms with van der Waals surface area (Å²) in [6, 6.07) is 13.7. The van der Waals surface area contributed by atoms with Crippen LogP contribution in [0.2, 0.25) is 0 Å². The fraction of sp³-hybridized carbons (Fsp3) is 0.294. The molecule has 0 aromatic heterocycles. The molecule has 1 heterocycles. The lowest BCUT2D eigenvalue weighted by molar-refractivity contribution is 0.0656. The zero-order valence-corrected chi connectivity index (χ0v) is 11.7. The zero-order valence-electron chi connectivity index (χ0n) is 11.7. The SMILES string of the molecule is COc1cccc(C2C[C@@H](O)c3cc(C)ccc3O2)c1. The van der Waals surface area contributed by atoms with Gasteiger partial charge in [0, 0.05) is 12.0 Å². The smallest absolute Gasteiger partial charge is 0.127 e. The van der Waals surface area contributed by atoms with Crippen LogP contribution in [0.5, 0.6) is 11.5 Å². The first-order valence-electron chi connectivity index (χ1n) is 6.76. The lowest BCUT2D eigenvalue weighted by Gasteiger charge is -2.30. The van der Waals surface area contributed by atoms with Crippen molar-refractivity contribution in [3.63, 3.8) is 0 Å². The first-order chi connectivity index (χ1) is 9.67. The number of aliphatic hydroxyl groups excluding tert-OH is 1. The molecule has 1 unspecified atom stereocenters. The molecular formula is C17H18O3. The van der Waals surface area contributed by atoms with Crippen LogP contribution in [0.1, 0.15) is 35.3 Å². The Bertz CT molecular complexity index is 621. The summed E-state index contributed by atoms with van der Waals surface area (Å²) in [6.45, 7) is 2.02. The van der Waals surface area contributed by atoms with E-state index in [0.29, 0.717) is 6.42 Å².